The van der Waals surface area contributed by atoms with Crippen molar-refractivity contribution >= 4 is 21.8 Å². The third-order valence-electron chi connectivity index (χ3n) is 8.11. The van der Waals surface area contributed by atoms with Crippen LogP contribution in [0.2, 0.25) is 0 Å². The molecule has 2 bridgehead atoms. The molecule has 3 nitrogen and oxygen atoms in total. The van der Waals surface area contributed by atoms with Gasteiger partial charge in [-0.25, -0.2) is 0 Å². The van der Waals surface area contributed by atoms with E-state index in [9.17, 15) is 0 Å². The van der Waals surface area contributed by atoms with E-state index in [4.69, 9.17) is 9.73 Å². The van der Waals surface area contributed by atoms with E-state index in [1.807, 2.05) is 0 Å². The highest BCUT2D eigenvalue weighted by Gasteiger charge is 2.67. The molecule has 2 aliphatic heterocycles. The van der Waals surface area contributed by atoms with Crippen molar-refractivity contribution < 1.29 is 4.74 Å². The van der Waals surface area contributed by atoms with Crippen molar-refractivity contribution in [3.63, 3.8) is 0 Å². The van der Waals surface area contributed by atoms with Gasteiger partial charge in [-0.15, -0.1) is 0 Å². The normalized spacial score (nSPS) is 43.6. The Morgan fingerprint density at radius 3 is 2.44 bits per heavy atom. The highest BCUT2D eigenvalue weighted by molar-refractivity contribution is 9.10. The zero-order chi connectivity index (χ0) is 18.8. The molecule has 0 N–H and O–H groups in total. The predicted molar refractivity (Wildman–Crippen MR) is 113 cm³/mol. The molecule has 6 unspecified atom stereocenters. The minimum absolute atomic E-state index is 0.101. The number of nitrogens with zero attached hydrogens (tertiary/aromatic N) is 2. The number of rotatable bonds is 1. The second-order valence-corrected chi connectivity index (χ2v) is 10.4. The Hall–Kier alpha value is -0.870. The molecule has 6 atom stereocenters. The van der Waals surface area contributed by atoms with E-state index in [0.29, 0.717) is 12.2 Å². The molecule has 1 aromatic carbocycles. The van der Waals surface area contributed by atoms with Crippen LogP contribution in [0.3, 0.4) is 0 Å². The van der Waals surface area contributed by atoms with Crippen LogP contribution in [0.25, 0.3) is 0 Å². The molecule has 4 aliphatic rings. The molecule has 2 heterocycles. The van der Waals surface area contributed by atoms with Crippen LogP contribution in [0.5, 0.6) is 0 Å². The largest absolute Gasteiger partial charge is 0.372 e. The minimum atomic E-state index is 0.101. The van der Waals surface area contributed by atoms with Gasteiger partial charge in [-0.1, -0.05) is 35.0 Å². The summed E-state index contributed by atoms with van der Waals surface area (Å²) in [6.07, 6.45) is 7.04. The summed E-state index contributed by atoms with van der Waals surface area (Å²) in [5.41, 5.74) is 1.76. The molecular weight excluding hydrogens is 400 g/mol. The number of aliphatic imine (C=N–C) groups is 1. The quantitative estimate of drug-likeness (QED) is 0.612. The summed E-state index contributed by atoms with van der Waals surface area (Å²) in [5.74, 6) is 2.88. The van der Waals surface area contributed by atoms with Gasteiger partial charge in [-0.3, -0.25) is 4.99 Å². The maximum Gasteiger partial charge on any atom is 0.0999 e. The molecule has 1 spiro atoms. The third-order valence-corrected chi connectivity index (χ3v) is 8.64. The standard InChI is InChI=1S/C23H31BrN2O/c1-15-13-26(14-16(2)27-15)21-10-11-23(25-21)19-5-4-18(12-19)22(23,3)17-6-8-20(24)9-7-17/h6-9,15-16,18-19H,4-5,10-14H2,1-3H3. The molecule has 0 aromatic heterocycles. The number of hydrogen-bond donors (Lipinski definition) is 0. The summed E-state index contributed by atoms with van der Waals surface area (Å²) in [4.78, 5) is 8.15. The van der Waals surface area contributed by atoms with Crippen LogP contribution in [-0.4, -0.2) is 41.6 Å². The monoisotopic (exact) mass is 430 g/mol. The van der Waals surface area contributed by atoms with E-state index in [-0.39, 0.29) is 11.0 Å². The Labute approximate surface area is 171 Å². The van der Waals surface area contributed by atoms with Gasteiger partial charge in [-0.2, -0.15) is 0 Å². The summed E-state index contributed by atoms with van der Waals surface area (Å²) in [7, 11) is 0. The van der Waals surface area contributed by atoms with E-state index in [1.165, 1.54) is 41.6 Å². The molecule has 1 aromatic rings. The summed E-state index contributed by atoms with van der Waals surface area (Å²) in [6, 6.07) is 9.12. The first-order chi connectivity index (χ1) is 12.9. The number of halogens is 1. The molecular formula is C23H31BrN2O. The fourth-order valence-electron chi connectivity index (χ4n) is 6.93. The van der Waals surface area contributed by atoms with Crippen LogP contribution >= 0.6 is 15.9 Å². The van der Waals surface area contributed by atoms with Crippen molar-refractivity contribution in [2.75, 3.05) is 13.1 Å². The van der Waals surface area contributed by atoms with E-state index in [0.717, 1.165) is 31.3 Å². The fraction of sp³-hybridized carbons (Fsp3) is 0.696. The number of amidine groups is 1. The molecule has 3 fully saturated rings. The van der Waals surface area contributed by atoms with Crippen LogP contribution in [0.1, 0.15) is 58.4 Å². The van der Waals surface area contributed by atoms with Crippen LogP contribution in [0, 0.1) is 11.8 Å². The van der Waals surface area contributed by atoms with Gasteiger partial charge in [0.05, 0.1) is 23.6 Å². The van der Waals surface area contributed by atoms with Gasteiger partial charge in [0.15, 0.2) is 0 Å². The summed E-state index contributed by atoms with van der Waals surface area (Å²) >= 11 is 3.61. The number of morpholine rings is 1. The minimum Gasteiger partial charge on any atom is -0.372 e. The zero-order valence-corrected chi connectivity index (χ0v) is 18.3. The van der Waals surface area contributed by atoms with Crippen LogP contribution in [0.4, 0.5) is 0 Å². The van der Waals surface area contributed by atoms with E-state index in [2.05, 4.69) is 65.9 Å². The molecule has 0 radical (unpaired) electrons. The van der Waals surface area contributed by atoms with Gasteiger partial charge in [0.2, 0.25) is 0 Å². The Morgan fingerprint density at radius 1 is 1.07 bits per heavy atom. The lowest BCUT2D eigenvalue weighted by Gasteiger charge is -2.48. The Kier molecular flexibility index (Phi) is 4.25. The molecule has 5 rings (SSSR count). The maximum atomic E-state index is 5.96. The Bertz CT molecular complexity index is 752. The average Bonchev–Trinajstić information content (AvgIpc) is 3.33. The molecule has 0 amide bonds. The molecule has 146 valence electrons. The molecule has 4 heteroatoms. The number of ether oxygens (including phenoxy) is 1. The lowest BCUT2D eigenvalue weighted by molar-refractivity contribution is -0.0484. The summed E-state index contributed by atoms with van der Waals surface area (Å²) in [5, 5.41) is 0. The number of fused-ring (bicyclic) bond motifs is 3. The van der Waals surface area contributed by atoms with Crippen LogP contribution in [0.15, 0.2) is 33.7 Å². The second kappa shape index (κ2) is 6.32. The van der Waals surface area contributed by atoms with E-state index < -0.39 is 0 Å². The van der Waals surface area contributed by atoms with Crippen molar-refractivity contribution in [2.45, 2.75) is 76.0 Å². The highest BCUT2D eigenvalue weighted by atomic mass is 79.9. The third kappa shape index (κ3) is 2.58. The van der Waals surface area contributed by atoms with Crippen LogP contribution < -0.4 is 0 Å². The molecule has 2 aliphatic carbocycles. The van der Waals surface area contributed by atoms with Crippen molar-refractivity contribution in [3.05, 3.63) is 34.3 Å². The molecule has 1 saturated heterocycles. The summed E-state index contributed by atoms with van der Waals surface area (Å²) < 4.78 is 7.13. The SMILES string of the molecule is CC1CN(C2=NC3(CC2)C2CCC(C2)C3(C)c2ccc(Br)cc2)CC(C)O1. The lowest BCUT2D eigenvalue weighted by Crippen LogP contribution is -2.52. The number of hydrogen-bond acceptors (Lipinski definition) is 3. The molecule has 27 heavy (non-hydrogen) atoms. The van der Waals surface area contributed by atoms with Crippen molar-refractivity contribution in [2.24, 2.45) is 16.8 Å². The van der Waals surface area contributed by atoms with Gasteiger partial charge in [0, 0.05) is 29.4 Å². The smallest absolute Gasteiger partial charge is 0.0999 e. The predicted octanol–water partition coefficient (Wildman–Crippen LogP) is 5.18. The first kappa shape index (κ1) is 18.2. The Morgan fingerprint density at radius 2 is 1.74 bits per heavy atom. The van der Waals surface area contributed by atoms with Crippen molar-refractivity contribution in [3.8, 4) is 0 Å². The van der Waals surface area contributed by atoms with Gasteiger partial charge in [-0.05, 0) is 69.1 Å². The second-order valence-electron chi connectivity index (χ2n) is 9.53. The van der Waals surface area contributed by atoms with E-state index >= 15 is 0 Å². The topological polar surface area (TPSA) is 24.8 Å². The maximum absolute atomic E-state index is 5.96. The van der Waals surface area contributed by atoms with Crippen LogP contribution in [-0.2, 0) is 10.2 Å². The number of benzene rings is 1. The average molecular weight is 431 g/mol. The van der Waals surface area contributed by atoms with Gasteiger partial charge >= 0.3 is 0 Å². The lowest BCUT2D eigenvalue weighted by atomic mass is 9.58. The van der Waals surface area contributed by atoms with Crippen molar-refractivity contribution in [1.29, 1.82) is 0 Å². The van der Waals surface area contributed by atoms with Gasteiger partial charge < -0.3 is 9.64 Å². The zero-order valence-electron chi connectivity index (χ0n) is 16.7. The molecule has 2 saturated carbocycles. The van der Waals surface area contributed by atoms with Gasteiger partial charge in [0.1, 0.15) is 0 Å². The first-order valence-electron chi connectivity index (χ1n) is 10.7. The first-order valence-corrected chi connectivity index (χ1v) is 11.5. The summed E-state index contributed by atoms with van der Waals surface area (Å²) in [6.45, 7) is 8.89. The van der Waals surface area contributed by atoms with Crippen molar-refractivity contribution in [1.82, 2.24) is 4.90 Å². The Balaban J connectivity index is 1.54. The van der Waals surface area contributed by atoms with Gasteiger partial charge in [0.25, 0.3) is 0 Å². The fourth-order valence-corrected chi connectivity index (χ4v) is 7.20. The highest BCUT2D eigenvalue weighted by Crippen LogP contribution is 2.66. The van der Waals surface area contributed by atoms with E-state index in [1.54, 1.807) is 0 Å².